The van der Waals surface area contributed by atoms with E-state index in [-0.39, 0.29) is 5.91 Å². The van der Waals surface area contributed by atoms with E-state index in [1.165, 1.54) is 12.8 Å². The lowest BCUT2D eigenvalue weighted by Crippen LogP contribution is -2.38. The van der Waals surface area contributed by atoms with Gasteiger partial charge in [-0.2, -0.15) is 5.10 Å². The lowest BCUT2D eigenvalue weighted by Gasteiger charge is -2.31. The SMILES string of the molecule is O=C(c1cccc(OCc2cccnc2)c1)N1CCC(c2n[nH]c(=S)n2C2CC2)CC1. The van der Waals surface area contributed by atoms with E-state index in [2.05, 4.69) is 19.7 Å². The molecule has 1 amide bonds. The van der Waals surface area contributed by atoms with Crippen LogP contribution >= 0.6 is 12.2 Å². The molecule has 3 heterocycles. The molecule has 7 nitrogen and oxygen atoms in total. The molecule has 0 atom stereocenters. The largest absolute Gasteiger partial charge is 0.489 e. The van der Waals surface area contributed by atoms with E-state index < -0.39 is 0 Å². The Kier molecular flexibility index (Phi) is 5.55. The Morgan fingerprint density at radius 2 is 2.00 bits per heavy atom. The van der Waals surface area contributed by atoms with Crippen LogP contribution in [-0.4, -0.2) is 43.6 Å². The van der Waals surface area contributed by atoms with Crippen LogP contribution in [0.5, 0.6) is 5.75 Å². The van der Waals surface area contributed by atoms with Crippen LogP contribution in [0.4, 0.5) is 0 Å². The van der Waals surface area contributed by atoms with Crippen LogP contribution in [0.2, 0.25) is 0 Å². The highest BCUT2D eigenvalue weighted by Crippen LogP contribution is 2.39. The number of piperidine rings is 1. The number of amides is 1. The van der Waals surface area contributed by atoms with Crippen LogP contribution in [0.3, 0.4) is 0 Å². The molecule has 160 valence electrons. The Morgan fingerprint density at radius 3 is 2.74 bits per heavy atom. The van der Waals surface area contributed by atoms with E-state index in [9.17, 15) is 4.79 Å². The van der Waals surface area contributed by atoms with Gasteiger partial charge in [-0.3, -0.25) is 14.9 Å². The summed E-state index contributed by atoms with van der Waals surface area (Å²) in [6.45, 7) is 1.86. The van der Waals surface area contributed by atoms with E-state index in [4.69, 9.17) is 17.0 Å². The molecule has 1 N–H and O–H groups in total. The molecule has 2 fully saturated rings. The van der Waals surface area contributed by atoms with E-state index in [0.717, 1.165) is 29.0 Å². The fourth-order valence-electron chi connectivity index (χ4n) is 4.18. The summed E-state index contributed by atoms with van der Waals surface area (Å²) in [5, 5.41) is 7.47. The average Bonchev–Trinajstić information content (AvgIpc) is 3.59. The molecule has 1 aliphatic heterocycles. The fourth-order valence-corrected chi connectivity index (χ4v) is 4.47. The third kappa shape index (κ3) is 4.39. The Morgan fingerprint density at radius 1 is 1.16 bits per heavy atom. The van der Waals surface area contributed by atoms with Crippen LogP contribution < -0.4 is 4.74 Å². The predicted octanol–water partition coefficient (Wildman–Crippen LogP) is 4.27. The van der Waals surface area contributed by atoms with Crippen molar-refractivity contribution in [2.75, 3.05) is 13.1 Å². The van der Waals surface area contributed by atoms with Gasteiger partial charge in [0.15, 0.2) is 4.77 Å². The summed E-state index contributed by atoms with van der Waals surface area (Å²) in [5.74, 6) is 2.13. The molecule has 0 bridgehead atoms. The van der Waals surface area contributed by atoms with Crippen molar-refractivity contribution < 1.29 is 9.53 Å². The third-order valence-electron chi connectivity index (χ3n) is 6.00. The van der Waals surface area contributed by atoms with Crippen molar-refractivity contribution in [1.29, 1.82) is 0 Å². The number of carbonyl (C=O) groups excluding carboxylic acids is 1. The Hall–Kier alpha value is -3.00. The van der Waals surface area contributed by atoms with Gasteiger partial charge in [-0.25, -0.2) is 0 Å². The van der Waals surface area contributed by atoms with Crippen molar-refractivity contribution in [2.45, 2.75) is 44.2 Å². The maximum Gasteiger partial charge on any atom is 0.253 e. The zero-order chi connectivity index (χ0) is 21.2. The minimum absolute atomic E-state index is 0.0475. The maximum atomic E-state index is 13.1. The van der Waals surface area contributed by atoms with Crippen LogP contribution in [0, 0.1) is 4.77 Å². The maximum absolute atomic E-state index is 13.1. The Balaban J connectivity index is 1.21. The van der Waals surface area contributed by atoms with Gasteiger partial charge in [0, 0.05) is 48.6 Å². The number of hydrogen-bond acceptors (Lipinski definition) is 5. The number of nitrogens with one attached hydrogen (secondary N) is 1. The van der Waals surface area contributed by atoms with Crippen molar-refractivity contribution in [1.82, 2.24) is 24.6 Å². The van der Waals surface area contributed by atoms with E-state index in [1.807, 2.05) is 41.3 Å². The van der Waals surface area contributed by atoms with Crippen LogP contribution in [0.1, 0.15) is 59.4 Å². The summed E-state index contributed by atoms with van der Waals surface area (Å²) in [4.78, 5) is 19.1. The molecule has 3 aromatic rings. The van der Waals surface area contributed by atoms with Gasteiger partial charge < -0.3 is 14.2 Å². The summed E-state index contributed by atoms with van der Waals surface area (Å²) in [7, 11) is 0. The topological polar surface area (TPSA) is 76.0 Å². The zero-order valence-corrected chi connectivity index (χ0v) is 18.1. The first kappa shape index (κ1) is 19.9. The van der Waals surface area contributed by atoms with Crippen LogP contribution in [-0.2, 0) is 6.61 Å². The molecule has 2 aromatic heterocycles. The standard InChI is InChI=1S/C23H25N5O2S/c29-22(18-4-1-5-20(13-18)30-15-16-3-2-10-24-14-16)27-11-8-17(9-12-27)21-25-26-23(31)28(21)19-6-7-19/h1-5,10,13-14,17,19H,6-9,11-12,15H2,(H,26,31). The summed E-state index contributed by atoms with van der Waals surface area (Å²) < 4.78 is 8.77. The summed E-state index contributed by atoms with van der Waals surface area (Å²) >= 11 is 5.42. The summed E-state index contributed by atoms with van der Waals surface area (Å²) in [6.07, 6.45) is 7.67. The minimum atomic E-state index is 0.0475. The second-order valence-corrected chi connectivity index (χ2v) is 8.62. The van der Waals surface area contributed by atoms with Crippen molar-refractivity contribution in [2.24, 2.45) is 0 Å². The van der Waals surface area contributed by atoms with Gasteiger partial charge in [-0.05, 0) is 62.2 Å². The smallest absolute Gasteiger partial charge is 0.253 e. The molecular weight excluding hydrogens is 410 g/mol. The molecule has 1 saturated carbocycles. The molecule has 1 saturated heterocycles. The third-order valence-corrected chi connectivity index (χ3v) is 6.29. The Bertz CT molecular complexity index is 1110. The molecule has 1 aliphatic carbocycles. The number of aromatic amines is 1. The van der Waals surface area contributed by atoms with Crippen LogP contribution in [0.25, 0.3) is 0 Å². The lowest BCUT2D eigenvalue weighted by molar-refractivity contribution is 0.0709. The number of benzene rings is 1. The number of pyridine rings is 1. The number of nitrogens with zero attached hydrogens (tertiary/aromatic N) is 4. The fraction of sp³-hybridized carbons (Fsp3) is 0.391. The number of likely N-dealkylation sites (tertiary alicyclic amines) is 1. The zero-order valence-electron chi connectivity index (χ0n) is 17.2. The molecular formula is C23H25N5O2S. The number of hydrogen-bond donors (Lipinski definition) is 1. The monoisotopic (exact) mass is 435 g/mol. The molecule has 31 heavy (non-hydrogen) atoms. The van der Waals surface area contributed by atoms with Crippen molar-refractivity contribution in [3.8, 4) is 5.75 Å². The molecule has 0 radical (unpaired) electrons. The quantitative estimate of drug-likeness (QED) is 0.585. The molecule has 0 spiro atoms. The Labute approximate surface area is 186 Å². The second kappa shape index (κ2) is 8.63. The molecule has 2 aliphatic rings. The molecule has 8 heteroatoms. The normalized spacial score (nSPS) is 17.0. The van der Waals surface area contributed by atoms with Crippen molar-refractivity contribution in [3.05, 3.63) is 70.5 Å². The van der Waals surface area contributed by atoms with E-state index >= 15 is 0 Å². The van der Waals surface area contributed by atoms with Crippen molar-refractivity contribution in [3.63, 3.8) is 0 Å². The van der Waals surface area contributed by atoms with Gasteiger partial charge in [0.1, 0.15) is 18.2 Å². The lowest BCUT2D eigenvalue weighted by atomic mass is 9.95. The van der Waals surface area contributed by atoms with Gasteiger partial charge in [0.2, 0.25) is 0 Å². The van der Waals surface area contributed by atoms with Gasteiger partial charge in [-0.1, -0.05) is 12.1 Å². The first-order valence-electron chi connectivity index (χ1n) is 10.8. The second-order valence-electron chi connectivity index (χ2n) is 8.23. The highest BCUT2D eigenvalue weighted by atomic mass is 32.1. The molecule has 1 aromatic carbocycles. The number of carbonyl (C=O) groups is 1. The minimum Gasteiger partial charge on any atom is -0.489 e. The summed E-state index contributed by atoms with van der Waals surface area (Å²) in [6, 6.07) is 11.8. The molecule has 0 unspecified atom stereocenters. The molecule has 5 rings (SSSR count). The number of rotatable bonds is 6. The van der Waals surface area contributed by atoms with Gasteiger partial charge in [0.25, 0.3) is 5.91 Å². The predicted molar refractivity (Wildman–Crippen MR) is 119 cm³/mol. The highest BCUT2D eigenvalue weighted by Gasteiger charge is 2.32. The van der Waals surface area contributed by atoms with E-state index in [0.29, 0.717) is 43.0 Å². The van der Waals surface area contributed by atoms with Crippen molar-refractivity contribution >= 4 is 18.1 Å². The average molecular weight is 436 g/mol. The first-order valence-corrected chi connectivity index (χ1v) is 11.2. The first-order chi connectivity index (χ1) is 15.2. The van der Waals surface area contributed by atoms with Gasteiger partial charge in [0.05, 0.1) is 0 Å². The van der Waals surface area contributed by atoms with Gasteiger partial charge >= 0.3 is 0 Å². The van der Waals surface area contributed by atoms with Gasteiger partial charge in [-0.15, -0.1) is 0 Å². The van der Waals surface area contributed by atoms with Crippen LogP contribution in [0.15, 0.2) is 48.8 Å². The number of aromatic nitrogens is 4. The number of ether oxygens (including phenoxy) is 1. The number of H-pyrrole nitrogens is 1. The van der Waals surface area contributed by atoms with E-state index in [1.54, 1.807) is 12.4 Å². The summed E-state index contributed by atoms with van der Waals surface area (Å²) in [5.41, 5.74) is 1.65. The highest BCUT2D eigenvalue weighted by molar-refractivity contribution is 7.71.